The van der Waals surface area contributed by atoms with Crippen LogP contribution in [0.5, 0.6) is 0 Å². The van der Waals surface area contributed by atoms with Gasteiger partial charge in [0.25, 0.3) is 0 Å². The van der Waals surface area contributed by atoms with Gasteiger partial charge in [-0.05, 0) is 37.7 Å². The van der Waals surface area contributed by atoms with Crippen molar-refractivity contribution in [3.05, 3.63) is 42.0 Å². The van der Waals surface area contributed by atoms with E-state index in [0.717, 1.165) is 51.4 Å². The molecule has 1 rings (SSSR count). The first-order valence-electron chi connectivity index (χ1n) is 11.8. The second kappa shape index (κ2) is 17.9. The molecule has 0 aliphatic heterocycles. The van der Waals surface area contributed by atoms with Crippen LogP contribution in [0.2, 0.25) is 0 Å². The van der Waals surface area contributed by atoms with Crippen LogP contribution in [0, 0.1) is 0 Å². The molecule has 0 saturated carbocycles. The van der Waals surface area contributed by atoms with Crippen molar-refractivity contribution in [3.8, 4) is 0 Å². The summed E-state index contributed by atoms with van der Waals surface area (Å²) in [5.41, 5.74) is 1.24. The molecule has 0 aliphatic rings. The lowest BCUT2D eigenvalue weighted by atomic mass is 10.1. The fourth-order valence-electron chi connectivity index (χ4n) is 3.16. The number of benzene rings is 1. The molecule has 166 valence electrons. The summed E-state index contributed by atoms with van der Waals surface area (Å²) in [7, 11) is -2.94. The van der Waals surface area contributed by atoms with Gasteiger partial charge in [0, 0.05) is 0 Å². The van der Waals surface area contributed by atoms with Crippen LogP contribution in [0.4, 0.5) is 0 Å². The smallest absolute Gasteiger partial charge is 0.309 e. The first-order chi connectivity index (χ1) is 14.2. The van der Waals surface area contributed by atoms with E-state index in [2.05, 4.69) is 50.3 Å². The minimum absolute atomic E-state index is 0.553. The van der Waals surface area contributed by atoms with Gasteiger partial charge in [-0.2, -0.15) is 0 Å². The Bertz CT molecular complexity index is 538. The molecule has 0 unspecified atom stereocenters. The lowest BCUT2D eigenvalue weighted by molar-refractivity contribution is 0.197. The highest BCUT2D eigenvalue weighted by atomic mass is 31.2. The van der Waals surface area contributed by atoms with Crippen molar-refractivity contribution in [2.45, 2.75) is 90.9 Å². The van der Waals surface area contributed by atoms with Gasteiger partial charge in [0.2, 0.25) is 0 Å². The molecule has 0 radical (unpaired) electrons. The van der Waals surface area contributed by atoms with Gasteiger partial charge in [0.15, 0.2) is 0 Å². The highest BCUT2D eigenvalue weighted by Gasteiger charge is 2.23. The van der Waals surface area contributed by atoms with Gasteiger partial charge >= 0.3 is 7.60 Å². The van der Waals surface area contributed by atoms with Gasteiger partial charge in [-0.25, -0.2) is 0 Å². The summed E-state index contributed by atoms with van der Waals surface area (Å²) in [6.45, 7) is 5.51. The van der Waals surface area contributed by atoms with E-state index in [1.54, 1.807) is 0 Å². The number of rotatable bonds is 19. The number of unbranched alkanes of at least 4 members (excludes halogenated alkanes) is 9. The zero-order valence-electron chi connectivity index (χ0n) is 18.8. The quantitative estimate of drug-likeness (QED) is 0.165. The third kappa shape index (κ3) is 14.7. The highest BCUT2D eigenvalue weighted by molar-refractivity contribution is 7.53. The van der Waals surface area contributed by atoms with Crippen molar-refractivity contribution in [3.63, 3.8) is 0 Å². The van der Waals surface area contributed by atoms with Crippen molar-refractivity contribution >= 4 is 13.7 Å². The molecular weight excluding hydrogens is 379 g/mol. The minimum atomic E-state index is -2.94. The maximum Gasteiger partial charge on any atom is 0.330 e. The van der Waals surface area contributed by atoms with Gasteiger partial charge in [-0.15, -0.1) is 0 Å². The number of hydrogen-bond donors (Lipinski definition) is 0. The summed E-state index contributed by atoms with van der Waals surface area (Å²) in [4.78, 5) is 0. The largest absolute Gasteiger partial charge is 0.330 e. The molecule has 0 bridgehead atoms. The van der Waals surface area contributed by atoms with Crippen LogP contribution in [0.3, 0.4) is 0 Å². The third-order valence-electron chi connectivity index (χ3n) is 4.98. The van der Waals surface area contributed by atoms with Gasteiger partial charge in [-0.3, -0.25) is 4.57 Å². The summed E-state index contributed by atoms with van der Waals surface area (Å²) >= 11 is 0. The van der Waals surface area contributed by atoms with Gasteiger partial charge in [0.1, 0.15) is 0 Å². The molecule has 1 aromatic carbocycles. The van der Waals surface area contributed by atoms with Crippen LogP contribution in [-0.4, -0.2) is 19.4 Å². The lowest BCUT2D eigenvalue weighted by Crippen LogP contribution is -2.03. The standard InChI is InChI=1S/C25H43O3P/c1-3-5-7-16-22-27-29(26,28-23-17-8-6-4-2)24-18-11-9-10-13-19-25-20-14-12-15-21-25/h12-15,19-21H,3-11,16-18,22-24H2,1-2H3. The Balaban J connectivity index is 2.26. The Morgan fingerprint density at radius 3 is 1.93 bits per heavy atom. The Kier molecular flexibility index (Phi) is 16.2. The molecule has 0 aromatic heterocycles. The highest BCUT2D eigenvalue weighted by Crippen LogP contribution is 2.49. The molecule has 0 aliphatic carbocycles. The predicted octanol–water partition coefficient (Wildman–Crippen LogP) is 8.65. The third-order valence-corrected chi connectivity index (χ3v) is 7.00. The maximum absolute atomic E-state index is 13.1. The Morgan fingerprint density at radius 1 is 0.759 bits per heavy atom. The fourth-order valence-corrected chi connectivity index (χ4v) is 4.92. The summed E-state index contributed by atoms with van der Waals surface area (Å²) < 4.78 is 24.7. The van der Waals surface area contributed by atoms with E-state index in [9.17, 15) is 4.57 Å². The second-order valence-electron chi connectivity index (χ2n) is 7.78. The molecule has 0 amide bonds. The molecule has 0 fully saturated rings. The van der Waals surface area contributed by atoms with Crippen molar-refractivity contribution in [1.29, 1.82) is 0 Å². The fraction of sp³-hybridized carbons (Fsp3) is 0.680. The van der Waals surface area contributed by atoms with Crippen LogP contribution < -0.4 is 0 Å². The zero-order chi connectivity index (χ0) is 21.0. The van der Waals surface area contributed by atoms with Crippen molar-refractivity contribution in [2.75, 3.05) is 19.4 Å². The zero-order valence-corrected chi connectivity index (χ0v) is 19.7. The Morgan fingerprint density at radius 2 is 1.34 bits per heavy atom. The topological polar surface area (TPSA) is 35.5 Å². The van der Waals surface area contributed by atoms with E-state index in [0.29, 0.717) is 19.4 Å². The number of hydrogen-bond acceptors (Lipinski definition) is 3. The van der Waals surface area contributed by atoms with Gasteiger partial charge in [0.05, 0.1) is 19.4 Å². The average Bonchev–Trinajstić information content (AvgIpc) is 2.73. The molecule has 0 saturated heterocycles. The monoisotopic (exact) mass is 422 g/mol. The molecule has 1 aromatic rings. The maximum atomic E-state index is 13.1. The van der Waals surface area contributed by atoms with Crippen LogP contribution in [0.1, 0.15) is 96.5 Å². The van der Waals surface area contributed by atoms with Crippen molar-refractivity contribution < 1.29 is 13.6 Å². The molecule has 0 N–H and O–H groups in total. The van der Waals surface area contributed by atoms with E-state index in [1.807, 2.05) is 6.07 Å². The second-order valence-corrected chi connectivity index (χ2v) is 9.97. The Labute approximate surface area is 179 Å². The first-order valence-corrected chi connectivity index (χ1v) is 13.5. The van der Waals surface area contributed by atoms with Crippen LogP contribution in [0.25, 0.3) is 6.08 Å². The predicted molar refractivity (Wildman–Crippen MR) is 127 cm³/mol. The SMILES string of the molecule is CCCCCCOP(=O)(CCCCCC=Cc1ccccc1)OCCCCCC. The van der Waals surface area contributed by atoms with Crippen LogP contribution in [0.15, 0.2) is 36.4 Å². The average molecular weight is 423 g/mol. The molecule has 0 atom stereocenters. The normalized spacial score (nSPS) is 12.1. The van der Waals surface area contributed by atoms with E-state index >= 15 is 0 Å². The molecule has 0 heterocycles. The van der Waals surface area contributed by atoms with E-state index < -0.39 is 7.60 Å². The molecule has 3 nitrogen and oxygen atoms in total. The molecule has 29 heavy (non-hydrogen) atoms. The van der Waals surface area contributed by atoms with Crippen LogP contribution >= 0.6 is 7.60 Å². The van der Waals surface area contributed by atoms with E-state index in [1.165, 1.54) is 31.2 Å². The lowest BCUT2D eigenvalue weighted by Gasteiger charge is -2.18. The number of allylic oxidation sites excluding steroid dienone is 1. The van der Waals surface area contributed by atoms with Gasteiger partial charge < -0.3 is 9.05 Å². The van der Waals surface area contributed by atoms with Crippen molar-refractivity contribution in [2.24, 2.45) is 0 Å². The summed E-state index contributed by atoms with van der Waals surface area (Å²) in [5, 5.41) is 0. The van der Waals surface area contributed by atoms with E-state index in [-0.39, 0.29) is 0 Å². The summed E-state index contributed by atoms with van der Waals surface area (Å²) in [6.07, 6.45) is 18.1. The Hall–Kier alpha value is -0.890. The molecule has 4 heteroatoms. The van der Waals surface area contributed by atoms with Gasteiger partial charge in [-0.1, -0.05) is 101 Å². The first kappa shape index (κ1) is 26.1. The molecule has 0 spiro atoms. The van der Waals surface area contributed by atoms with Crippen LogP contribution in [-0.2, 0) is 13.6 Å². The summed E-state index contributed by atoms with van der Waals surface area (Å²) in [6, 6.07) is 10.4. The minimum Gasteiger partial charge on any atom is -0.309 e. The summed E-state index contributed by atoms with van der Waals surface area (Å²) in [5.74, 6) is 0. The van der Waals surface area contributed by atoms with Crippen molar-refractivity contribution in [1.82, 2.24) is 0 Å². The van der Waals surface area contributed by atoms with E-state index in [4.69, 9.17) is 9.05 Å². The molecular formula is C25H43O3P.